The number of esters is 1. The molecule has 1 rings (SSSR count). The van der Waals surface area contributed by atoms with Crippen molar-refractivity contribution >= 4 is 16.0 Å². The van der Waals surface area contributed by atoms with Crippen LogP contribution in [0.3, 0.4) is 0 Å². The van der Waals surface area contributed by atoms with Crippen LogP contribution in [-0.2, 0) is 14.8 Å². The van der Waals surface area contributed by atoms with Crippen LogP contribution in [0.5, 0.6) is 0 Å². The summed E-state index contributed by atoms with van der Waals surface area (Å²) in [4.78, 5) is 11.3. The van der Waals surface area contributed by atoms with E-state index in [1.165, 1.54) is 0 Å². The number of halogens is 2. The predicted octanol–water partition coefficient (Wildman–Crippen LogP) is 0.671. The standard InChI is InChI=1S/C10H11F2NO4S/c1-18(15,16)13-5-6-17-10(14)9-7(11)3-2-4-8(9)12/h2-4,13H,5-6H2,1H3. The molecule has 0 atom stereocenters. The molecule has 5 nitrogen and oxygen atoms in total. The molecule has 0 aliphatic carbocycles. The van der Waals surface area contributed by atoms with Crippen molar-refractivity contribution in [1.29, 1.82) is 0 Å². The van der Waals surface area contributed by atoms with Crippen LogP contribution in [0.1, 0.15) is 10.4 Å². The number of rotatable bonds is 5. The summed E-state index contributed by atoms with van der Waals surface area (Å²) in [7, 11) is -3.39. The van der Waals surface area contributed by atoms with Crippen molar-refractivity contribution < 1.29 is 26.7 Å². The quantitative estimate of drug-likeness (QED) is 0.635. The molecule has 0 radical (unpaired) electrons. The molecule has 0 aliphatic heterocycles. The van der Waals surface area contributed by atoms with Crippen molar-refractivity contribution in [1.82, 2.24) is 4.72 Å². The van der Waals surface area contributed by atoms with Gasteiger partial charge in [-0.05, 0) is 12.1 Å². The van der Waals surface area contributed by atoms with Gasteiger partial charge in [0.1, 0.15) is 23.8 Å². The van der Waals surface area contributed by atoms with Crippen molar-refractivity contribution in [2.45, 2.75) is 0 Å². The highest BCUT2D eigenvalue weighted by atomic mass is 32.2. The smallest absolute Gasteiger partial charge is 0.344 e. The van der Waals surface area contributed by atoms with Gasteiger partial charge >= 0.3 is 5.97 Å². The van der Waals surface area contributed by atoms with E-state index in [0.29, 0.717) is 0 Å². The molecule has 0 aromatic heterocycles. The molecule has 0 spiro atoms. The molecular formula is C10H11F2NO4S. The van der Waals surface area contributed by atoms with E-state index in [2.05, 4.69) is 9.46 Å². The third kappa shape index (κ3) is 4.38. The van der Waals surface area contributed by atoms with Crippen LogP contribution in [0, 0.1) is 11.6 Å². The minimum atomic E-state index is -3.39. The topological polar surface area (TPSA) is 72.5 Å². The maximum absolute atomic E-state index is 13.1. The summed E-state index contributed by atoms with van der Waals surface area (Å²) in [6.07, 6.45) is 0.936. The SMILES string of the molecule is CS(=O)(=O)NCCOC(=O)c1c(F)cccc1F. The monoisotopic (exact) mass is 279 g/mol. The summed E-state index contributed by atoms with van der Waals surface area (Å²) >= 11 is 0. The van der Waals surface area contributed by atoms with Crippen molar-refractivity contribution in [3.8, 4) is 0 Å². The average Bonchev–Trinajstić information content (AvgIpc) is 2.23. The average molecular weight is 279 g/mol. The number of ether oxygens (including phenoxy) is 1. The van der Waals surface area contributed by atoms with Gasteiger partial charge in [-0.15, -0.1) is 0 Å². The largest absolute Gasteiger partial charge is 0.461 e. The fourth-order valence-corrected chi connectivity index (χ4v) is 1.59. The zero-order valence-corrected chi connectivity index (χ0v) is 10.3. The van der Waals surface area contributed by atoms with Crippen LogP contribution >= 0.6 is 0 Å². The molecule has 0 heterocycles. The molecule has 100 valence electrons. The summed E-state index contributed by atoms with van der Waals surface area (Å²) in [5.41, 5.74) is -0.795. The molecule has 1 N–H and O–H groups in total. The van der Waals surface area contributed by atoms with Gasteiger partial charge in [-0.3, -0.25) is 0 Å². The number of sulfonamides is 1. The Hall–Kier alpha value is -1.54. The van der Waals surface area contributed by atoms with Crippen LogP contribution in [0.25, 0.3) is 0 Å². The molecule has 0 aliphatic rings. The zero-order valence-electron chi connectivity index (χ0n) is 9.44. The number of carbonyl (C=O) groups excluding carboxylic acids is 1. The minimum Gasteiger partial charge on any atom is -0.461 e. The summed E-state index contributed by atoms with van der Waals surface area (Å²) in [6, 6.07) is 2.97. The van der Waals surface area contributed by atoms with Gasteiger partial charge in [0.2, 0.25) is 10.0 Å². The predicted molar refractivity (Wildman–Crippen MR) is 59.5 cm³/mol. The van der Waals surface area contributed by atoms with Crippen LogP contribution in [0.2, 0.25) is 0 Å². The Kier molecular flexibility index (Phi) is 4.74. The van der Waals surface area contributed by atoms with Crippen molar-refractivity contribution in [2.24, 2.45) is 0 Å². The van der Waals surface area contributed by atoms with Gasteiger partial charge in [0.05, 0.1) is 6.26 Å². The first-order chi connectivity index (χ1) is 8.31. The molecule has 1 aromatic carbocycles. The second-order valence-corrected chi connectivity index (χ2v) is 5.23. The van der Waals surface area contributed by atoms with Gasteiger partial charge in [-0.1, -0.05) is 6.07 Å². The maximum atomic E-state index is 13.1. The van der Waals surface area contributed by atoms with Crippen LogP contribution in [0.15, 0.2) is 18.2 Å². The Morgan fingerprint density at radius 1 is 1.33 bits per heavy atom. The molecule has 8 heteroatoms. The van der Waals surface area contributed by atoms with Gasteiger partial charge < -0.3 is 4.74 Å². The minimum absolute atomic E-state index is 0.166. The van der Waals surface area contributed by atoms with E-state index in [0.717, 1.165) is 24.5 Å². The van der Waals surface area contributed by atoms with Crippen LogP contribution in [-0.4, -0.2) is 33.8 Å². The van der Waals surface area contributed by atoms with E-state index in [1.807, 2.05) is 0 Å². The first-order valence-electron chi connectivity index (χ1n) is 4.87. The lowest BCUT2D eigenvalue weighted by Gasteiger charge is -2.06. The van der Waals surface area contributed by atoms with E-state index in [4.69, 9.17) is 0 Å². The Labute approximate surface area is 103 Å². The molecule has 0 saturated carbocycles. The number of carbonyl (C=O) groups is 1. The van der Waals surface area contributed by atoms with E-state index in [-0.39, 0.29) is 13.2 Å². The fourth-order valence-electron chi connectivity index (χ4n) is 1.14. The molecule has 0 fully saturated rings. The summed E-state index contributed by atoms with van der Waals surface area (Å²) in [5.74, 6) is -3.24. The number of hydrogen-bond acceptors (Lipinski definition) is 4. The van der Waals surface area contributed by atoms with Crippen molar-refractivity contribution in [3.05, 3.63) is 35.4 Å². The third-order valence-corrected chi connectivity index (χ3v) is 2.59. The zero-order chi connectivity index (χ0) is 13.8. The number of hydrogen-bond donors (Lipinski definition) is 1. The molecule has 0 bridgehead atoms. The first kappa shape index (κ1) is 14.5. The lowest BCUT2D eigenvalue weighted by Crippen LogP contribution is -2.27. The first-order valence-corrected chi connectivity index (χ1v) is 6.76. The summed E-state index contributed by atoms with van der Waals surface area (Å²) in [6.45, 7) is -0.486. The molecular weight excluding hydrogens is 268 g/mol. The van der Waals surface area contributed by atoms with Gasteiger partial charge in [0.15, 0.2) is 0 Å². The van der Waals surface area contributed by atoms with Crippen molar-refractivity contribution in [2.75, 3.05) is 19.4 Å². The Morgan fingerprint density at radius 2 is 1.89 bits per heavy atom. The van der Waals surface area contributed by atoms with Gasteiger partial charge in [-0.25, -0.2) is 26.7 Å². The van der Waals surface area contributed by atoms with E-state index < -0.39 is 33.2 Å². The summed E-state index contributed by atoms with van der Waals surface area (Å²) < 4.78 is 54.3. The molecule has 18 heavy (non-hydrogen) atoms. The lowest BCUT2D eigenvalue weighted by molar-refractivity contribution is 0.0502. The van der Waals surface area contributed by atoms with Gasteiger partial charge in [0.25, 0.3) is 0 Å². The fraction of sp³-hybridized carbons (Fsp3) is 0.300. The van der Waals surface area contributed by atoms with E-state index >= 15 is 0 Å². The second-order valence-electron chi connectivity index (χ2n) is 3.40. The second kappa shape index (κ2) is 5.87. The Balaban J connectivity index is 2.56. The van der Waals surface area contributed by atoms with Crippen LogP contribution < -0.4 is 4.72 Å². The summed E-state index contributed by atoms with van der Waals surface area (Å²) in [5, 5.41) is 0. The van der Waals surface area contributed by atoms with Gasteiger partial charge in [-0.2, -0.15) is 0 Å². The lowest BCUT2D eigenvalue weighted by atomic mass is 10.2. The Bertz CT molecular complexity index is 525. The van der Waals surface area contributed by atoms with Crippen LogP contribution in [0.4, 0.5) is 8.78 Å². The highest BCUT2D eigenvalue weighted by Gasteiger charge is 2.18. The number of nitrogens with one attached hydrogen (secondary N) is 1. The van der Waals surface area contributed by atoms with E-state index in [1.54, 1.807) is 0 Å². The number of benzene rings is 1. The van der Waals surface area contributed by atoms with E-state index in [9.17, 15) is 22.0 Å². The Morgan fingerprint density at radius 3 is 2.39 bits per heavy atom. The highest BCUT2D eigenvalue weighted by molar-refractivity contribution is 7.88. The molecule has 0 amide bonds. The molecule has 1 aromatic rings. The third-order valence-electron chi connectivity index (χ3n) is 1.87. The normalized spacial score (nSPS) is 11.3. The molecule has 0 unspecified atom stereocenters. The van der Waals surface area contributed by atoms with Gasteiger partial charge in [0, 0.05) is 6.54 Å². The molecule has 0 saturated heterocycles. The highest BCUT2D eigenvalue weighted by Crippen LogP contribution is 2.12. The maximum Gasteiger partial charge on any atom is 0.344 e. The van der Waals surface area contributed by atoms with Crippen molar-refractivity contribution in [3.63, 3.8) is 0 Å².